The lowest BCUT2D eigenvalue weighted by Gasteiger charge is -1.65. The molecule has 0 spiro atoms. The highest BCUT2D eigenvalue weighted by Crippen LogP contribution is 1.79. The minimum Gasteiger partial charge on any atom is -0.336 e. The number of aromatic amines is 1. The summed E-state index contributed by atoms with van der Waals surface area (Å²) in [7, 11) is 0. The van der Waals surface area contributed by atoms with Crippen molar-refractivity contribution in [2.45, 2.75) is 0 Å². The van der Waals surface area contributed by atoms with E-state index >= 15 is 0 Å². The van der Waals surface area contributed by atoms with Crippen molar-refractivity contribution in [1.29, 1.82) is 5.26 Å². The fourth-order valence-corrected chi connectivity index (χ4v) is 0.326. The fourth-order valence-electron chi connectivity index (χ4n) is 0.326. The third-order valence-electron chi connectivity index (χ3n) is 0.604. The first kappa shape index (κ1) is 6.99. The van der Waals surface area contributed by atoms with Crippen molar-refractivity contribution in [2.24, 2.45) is 0 Å². The molecule has 0 unspecified atom stereocenters. The van der Waals surface area contributed by atoms with E-state index in [1.54, 1.807) is 12.4 Å². The average molecular weight is 130 g/mol. The fraction of sp³-hybridized carbons (Fsp3) is 0. The Balaban J connectivity index is 0.000000490. The predicted molar refractivity (Wildman–Crippen MR) is 30.6 cm³/mol. The van der Waals surface area contributed by atoms with Gasteiger partial charge in [-0.3, -0.25) is 0 Å². The standard InChI is InChI=1S/C4H3N3.ClH/c5-3-4-6-1-2-7-4;/h1-2H,(H,6,7);1H. The molecule has 1 aromatic rings. The Morgan fingerprint density at radius 3 is 2.75 bits per heavy atom. The minimum atomic E-state index is 0. The highest BCUT2D eigenvalue weighted by molar-refractivity contribution is 5.85. The summed E-state index contributed by atoms with van der Waals surface area (Å²) in [6.07, 6.45) is 3.15. The molecule has 0 aliphatic carbocycles. The molecule has 0 fully saturated rings. The van der Waals surface area contributed by atoms with Gasteiger partial charge in [0.25, 0.3) is 0 Å². The lowest BCUT2D eigenvalue weighted by atomic mass is 10.7. The number of H-pyrrole nitrogens is 1. The van der Waals surface area contributed by atoms with Gasteiger partial charge in [-0.15, -0.1) is 12.4 Å². The summed E-state index contributed by atoms with van der Waals surface area (Å²) < 4.78 is 0. The molecule has 0 bridgehead atoms. The number of hydrogen-bond donors (Lipinski definition) is 1. The molecular weight excluding hydrogens is 126 g/mol. The van der Waals surface area contributed by atoms with Crippen LogP contribution in [0.3, 0.4) is 0 Å². The van der Waals surface area contributed by atoms with E-state index in [-0.39, 0.29) is 12.4 Å². The number of nitrogens with zero attached hydrogens (tertiary/aromatic N) is 2. The maximum atomic E-state index is 8.08. The largest absolute Gasteiger partial charge is 0.336 e. The molecule has 0 atom stereocenters. The lowest BCUT2D eigenvalue weighted by Crippen LogP contribution is -1.70. The Kier molecular flexibility index (Phi) is 2.67. The van der Waals surface area contributed by atoms with E-state index in [0.29, 0.717) is 5.82 Å². The monoisotopic (exact) mass is 129 g/mol. The van der Waals surface area contributed by atoms with Crippen molar-refractivity contribution in [3.05, 3.63) is 18.2 Å². The van der Waals surface area contributed by atoms with Crippen molar-refractivity contribution in [2.75, 3.05) is 0 Å². The van der Waals surface area contributed by atoms with Crippen LogP contribution >= 0.6 is 12.4 Å². The molecule has 42 valence electrons. The van der Waals surface area contributed by atoms with Gasteiger partial charge in [0.1, 0.15) is 6.07 Å². The molecule has 1 N–H and O–H groups in total. The van der Waals surface area contributed by atoms with Crippen LogP contribution in [-0.2, 0) is 0 Å². The molecule has 0 radical (unpaired) electrons. The Morgan fingerprint density at radius 1 is 1.75 bits per heavy atom. The van der Waals surface area contributed by atoms with E-state index in [4.69, 9.17) is 5.26 Å². The van der Waals surface area contributed by atoms with E-state index in [1.807, 2.05) is 6.07 Å². The summed E-state index contributed by atoms with van der Waals surface area (Å²) in [5.74, 6) is 0.361. The van der Waals surface area contributed by atoms with Gasteiger partial charge in [-0.2, -0.15) is 5.26 Å². The Labute approximate surface area is 52.8 Å². The predicted octanol–water partition coefficient (Wildman–Crippen LogP) is 0.703. The molecule has 0 aliphatic heterocycles. The molecule has 1 rings (SSSR count). The number of aromatic nitrogens is 2. The molecule has 8 heavy (non-hydrogen) atoms. The zero-order valence-corrected chi connectivity index (χ0v) is 4.77. The van der Waals surface area contributed by atoms with Gasteiger partial charge in [-0.05, 0) is 0 Å². The van der Waals surface area contributed by atoms with Gasteiger partial charge in [-0.1, -0.05) is 0 Å². The van der Waals surface area contributed by atoms with Crippen LogP contribution < -0.4 is 0 Å². The summed E-state index contributed by atoms with van der Waals surface area (Å²) in [5, 5.41) is 8.08. The first-order valence-corrected chi connectivity index (χ1v) is 1.83. The van der Waals surface area contributed by atoms with E-state index in [2.05, 4.69) is 9.97 Å². The number of rotatable bonds is 0. The molecule has 0 amide bonds. The molecule has 0 saturated carbocycles. The average Bonchev–Trinajstić information content (AvgIpc) is 2.14. The van der Waals surface area contributed by atoms with Crippen LogP contribution in [0.15, 0.2) is 12.4 Å². The van der Waals surface area contributed by atoms with Crippen molar-refractivity contribution in [3.63, 3.8) is 0 Å². The number of hydrogen-bond acceptors (Lipinski definition) is 2. The van der Waals surface area contributed by atoms with Crippen LogP contribution in [0.4, 0.5) is 0 Å². The van der Waals surface area contributed by atoms with E-state index in [0.717, 1.165) is 0 Å². The maximum absolute atomic E-state index is 8.08. The van der Waals surface area contributed by atoms with E-state index in [9.17, 15) is 0 Å². The van der Waals surface area contributed by atoms with E-state index in [1.165, 1.54) is 0 Å². The van der Waals surface area contributed by atoms with Crippen molar-refractivity contribution in [1.82, 2.24) is 9.97 Å². The van der Waals surface area contributed by atoms with E-state index < -0.39 is 0 Å². The Bertz CT molecular complexity index is 174. The highest BCUT2D eigenvalue weighted by atomic mass is 35.5. The number of nitrogens with one attached hydrogen (secondary N) is 1. The van der Waals surface area contributed by atoms with Crippen molar-refractivity contribution in [3.8, 4) is 6.07 Å². The maximum Gasteiger partial charge on any atom is 0.210 e. The highest BCUT2D eigenvalue weighted by Gasteiger charge is 1.82. The molecule has 1 aromatic heterocycles. The SMILES string of the molecule is Cl.N#Cc1ncc[nH]1. The van der Waals surface area contributed by atoms with Crippen LogP contribution in [-0.4, -0.2) is 9.97 Å². The Hall–Kier alpha value is -1.01. The normalized spacial score (nSPS) is 6.88. The summed E-state index contributed by atoms with van der Waals surface area (Å²) in [6.45, 7) is 0. The second kappa shape index (κ2) is 3.05. The third kappa shape index (κ3) is 1.24. The molecular formula is C4H4ClN3. The lowest BCUT2D eigenvalue weighted by molar-refractivity contribution is 1.23. The molecule has 0 saturated heterocycles. The van der Waals surface area contributed by atoms with Crippen LogP contribution in [0.2, 0.25) is 0 Å². The number of halogens is 1. The molecule has 4 heteroatoms. The number of imidazole rings is 1. The van der Waals surface area contributed by atoms with Gasteiger partial charge in [0.15, 0.2) is 0 Å². The van der Waals surface area contributed by atoms with Gasteiger partial charge < -0.3 is 4.98 Å². The third-order valence-corrected chi connectivity index (χ3v) is 0.604. The molecule has 1 heterocycles. The first-order chi connectivity index (χ1) is 3.43. The van der Waals surface area contributed by atoms with Crippen molar-refractivity contribution >= 4 is 12.4 Å². The van der Waals surface area contributed by atoms with Gasteiger partial charge in [-0.25, -0.2) is 4.98 Å². The van der Waals surface area contributed by atoms with Crippen LogP contribution in [0.5, 0.6) is 0 Å². The Morgan fingerprint density at radius 2 is 2.50 bits per heavy atom. The topological polar surface area (TPSA) is 52.5 Å². The smallest absolute Gasteiger partial charge is 0.210 e. The quantitative estimate of drug-likeness (QED) is 0.561. The first-order valence-electron chi connectivity index (χ1n) is 1.83. The van der Waals surface area contributed by atoms with Gasteiger partial charge in [0.05, 0.1) is 0 Å². The van der Waals surface area contributed by atoms with Gasteiger partial charge in [0, 0.05) is 12.4 Å². The van der Waals surface area contributed by atoms with Crippen LogP contribution in [0, 0.1) is 11.3 Å². The minimum absolute atomic E-state index is 0. The molecule has 3 nitrogen and oxygen atoms in total. The summed E-state index contributed by atoms with van der Waals surface area (Å²) in [4.78, 5) is 6.23. The zero-order valence-electron chi connectivity index (χ0n) is 3.96. The second-order valence-corrected chi connectivity index (χ2v) is 1.05. The zero-order chi connectivity index (χ0) is 5.11. The van der Waals surface area contributed by atoms with Crippen molar-refractivity contribution < 1.29 is 0 Å². The van der Waals surface area contributed by atoms with Gasteiger partial charge >= 0.3 is 0 Å². The molecule has 0 aromatic carbocycles. The van der Waals surface area contributed by atoms with Crippen LogP contribution in [0.1, 0.15) is 5.82 Å². The molecule has 0 aliphatic rings. The summed E-state index contributed by atoms with van der Waals surface area (Å²) in [6, 6.07) is 1.84. The summed E-state index contributed by atoms with van der Waals surface area (Å²) in [5.41, 5.74) is 0. The van der Waals surface area contributed by atoms with Crippen LogP contribution in [0.25, 0.3) is 0 Å². The van der Waals surface area contributed by atoms with Gasteiger partial charge in [0.2, 0.25) is 5.82 Å². The number of nitriles is 1. The summed E-state index contributed by atoms with van der Waals surface area (Å²) >= 11 is 0. The second-order valence-electron chi connectivity index (χ2n) is 1.05.